The third-order valence-electron chi connectivity index (χ3n) is 2.69. The van der Waals surface area contributed by atoms with Crippen molar-refractivity contribution in [1.29, 1.82) is 0 Å². The SMILES string of the molecule is C=C/C(=C\C=C/C)c1sc(C2CC2)nc1C. The van der Waals surface area contributed by atoms with Crippen LogP contribution in [0.2, 0.25) is 0 Å². The number of rotatable bonds is 4. The summed E-state index contributed by atoms with van der Waals surface area (Å²) >= 11 is 1.83. The van der Waals surface area contributed by atoms with Crippen LogP contribution in [0.5, 0.6) is 0 Å². The Labute approximate surface area is 101 Å². The van der Waals surface area contributed by atoms with Gasteiger partial charge in [-0.15, -0.1) is 11.3 Å². The molecule has 84 valence electrons. The van der Waals surface area contributed by atoms with Gasteiger partial charge in [-0.1, -0.05) is 30.9 Å². The minimum atomic E-state index is 0.741. The summed E-state index contributed by atoms with van der Waals surface area (Å²) < 4.78 is 0. The number of aryl methyl sites for hydroxylation is 1. The van der Waals surface area contributed by atoms with Gasteiger partial charge in [0.05, 0.1) is 15.6 Å². The molecule has 0 aromatic carbocycles. The fourth-order valence-electron chi connectivity index (χ4n) is 1.63. The van der Waals surface area contributed by atoms with Crippen LogP contribution in [-0.2, 0) is 0 Å². The van der Waals surface area contributed by atoms with Crippen LogP contribution in [0, 0.1) is 6.92 Å². The number of allylic oxidation sites excluding steroid dienone is 5. The van der Waals surface area contributed by atoms with Crippen LogP contribution in [0.15, 0.2) is 30.9 Å². The topological polar surface area (TPSA) is 12.9 Å². The molecule has 0 amide bonds. The van der Waals surface area contributed by atoms with Crippen molar-refractivity contribution in [2.45, 2.75) is 32.6 Å². The molecular formula is C14H17NS. The molecule has 0 aliphatic heterocycles. The molecule has 1 saturated carbocycles. The average Bonchev–Trinajstić information content (AvgIpc) is 3.05. The summed E-state index contributed by atoms with van der Waals surface area (Å²) in [6.07, 6.45) is 10.7. The van der Waals surface area contributed by atoms with Crippen molar-refractivity contribution < 1.29 is 0 Å². The Morgan fingerprint density at radius 3 is 2.81 bits per heavy atom. The van der Waals surface area contributed by atoms with Crippen molar-refractivity contribution in [2.24, 2.45) is 0 Å². The highest BCUT2D eigenvalue weighted by Gasteiger charge is 2.27. The molecule has 16 heavy (non-hydrogen) atoms. The Bertz CT molecular complexity index is 447. The van der Waals surface area contributed by atoms with Gasteiger partial charge in [0.1, 0.15) is 0 Å². The highest BCUT2D eigenvalue weighted by Crippen LogP contribution is 2.43. The molecule has 1 heterocycles. The van der Waals surface area contributed by atoms with E-state index in [1.165, 1.54) is 28.3 Å². The Kier molecular flexibility index (Phi) is 3.39. The van der Waals surface area contributed by atoms with Crippen molar-refractivity contribution in [1.82, 2.24) is 4.98 Å². The fourth-order valence-corrected chi connectivity index (χ4v) is 2.88. The largest absolute Gasteiger partial charge is 0.246 e. The van der Waals surface area contributed by atoms with E-state index >= 15 is 0 Å². The Morgan fingerprint density at radius 2 is 2.25 bits per heavy atom. The third-order valence-corrected chi connectivity index (χ3v) is 4.06. The standard InChI is InChI=1S/C14H17NS/c1-4-6-7-11(5-2)13-10(3)15-14(16-13)12-8-9-12/h4-7,12H,2,8-9H2,1,3H3/b6-4-,11-7+. The molecule has 1 aromatic rings. The minimum absolute atomic E-state index is 0.741. The molecule has 1 fully saturated rings. The molecule has 0 N–H and O–H groups in total. The summed E-state index contributed by atoms with van der Waals surface area (Å²) in [6, 6.07) is 0. The Morgan fingerprint density at radius 1 is 1.50 bits per heavy atom. The molecule has 0 atom stereocenters. The first kappa shape index (κ1) is 11.3. The van der Waals surface area contributed by atoms with Crippen LogP contribution in [0.4, 0.5) is 0 Å². The van der Waals surface area contributed by atoms with Crippen LogP contribution in [-0.4, -0.2) is 4.98 Å². The molecule has 0 unspecified atom stereocenters. The maximum Gasteiger partial charge on any atom is 0.0965 e. The smallest absolute Gasteiger partial charge is 0.0965 e. The molecule has 1 aliphatic carbocycles. The second-order valence-electron chi connectivity index (χ2n) is 4.09. The Hall–Kier alpha value is -1.15. The van der Waals surface area contributed by atoms with E-state index in [0.717, 1.165) is 11.6 Å². The normalized spacial score (nSPS) is 17.0. The zero-order valence-electron chi connectivity index (χ0n) is 9.86. The highest BCUT2D eigenvalue weighted by atomic mass is 32.1. The van der Waals surface area contributed by atoms with E-state index in [9.17, 15) is 0 Å². The van der Waals surface area contributed by atoms with E-state index in [1.54, 1.807) is 0 Å². The summed E-state index contributed by atoms with van der Waals surface area (Å²) in [7, 11) is 0. The monoisotopic (exact) mass is 231 g/mol. The van der Waals surface area contributed by atoms with Gasteiger partial charge < -0.3 is 0 Å². The van der Waals surface area contributed by atoms with Crippen LogP contribution >= 0.6 is 11.3 Å². The van der Waals surface area contributed by atoms with E-state index in [1.807, 2.05) is 36.5 Å². The minimum Gasteiger partial charge on any atom is -0.246 e. The number of aromatic nitrogens is 1. The molecule has 0 radical (unpaired) electrons. The van der Waals surface area contributed by atoms with Gasteiger partial charge in [-0.05, 0) is 32.3 Å². The van der Waals surface area contributed by atoms with Crippen molar-refractivity contribution >= 4 is 16.9 Å². The lowest BCUT2D eigenvalue weighted by Crippen LogP contribution is -1.80. The first-order valence-corrected chi connectivity index (χ1v) is 6.51. The molecule has 2 heteroatoms. The second kappa shape index (κ2) is 4.79. The first-order chi connectivity index (χ1) is 7.76. The van der Waals surface area contributed by atoms with Crippen LogP contribution in [0.1, 0.15) is 41.3 Å². The van der Waals surface area contributed by atoms with Crippen molar-refractivity contribution in [3.05, 3.63) is 46.5 Å². The highest BCUT2D eigenvalue weighted by molar-refractivity contribution is 7.13. The quantitative estimate of drug-likeness (QED) is 0.696. The van der Waals surface area contributed by atoms with Crippen LogP contribution < -0.4 is 0 Å². The van der Waals surface area contributed by atoms with E-state index in [-0.39, 0.29) is 0 Å². The van der Waals surface area contributed by atoms with Crippen molar-refractivity contribution in [3.8, 4) is 0 Å². The second-order valence-corrected chi connectivity index (χ2v) is 5.12. The third kappa shape index (κ3) is 2.33. The predicted octanol–water partition coefficient (Wildman–Crippen LogP) is 4.47. The van der Waals surface area contributed by atoms with Gasteiger partial charge in [0.15, 0.2) is 0 Å². The summed E-state index contributed by atoms with van der Waals surface area (Å²) in [6.45, 7) is 7.99. The molecule has 0 spiro atoms. The van der Waals surface area contributed by atoms with Gasteiger partial charge in [-0.2, -0.15) is 0 Å². The average molecular weight is 231 g/mol. The summed E-state index contributed by atoms with van der Waals surface area (Å²) in [5.41, 5.74) is 2.32. The van der Waals surface area contributed by atoms with E-state index in [2.05, 4.69) is 24.6 Å². The molecular weight excluding hydrogens is 214 g/mol. The van der Waals surface area contributed by atoms with Crippen molar-refractivity contribution in [3.63, 3.8) is 0 Å². The summed E-state index contributed by atoms with van der Waals surface area (Å²) in [5.74, 6) is 0.741. The fraction of sp³-hybridized carbons (Fsp3) is 0.357. The van der Waals surface area contributed by atoms with Gasteiger partial charge >= 0.3 is 0 Å². The number of nitrogens with zero attached hydrogens (tertiary/aromatic N) is 1. The van der Waals surface area contributed by atoms with Gasteiger partial charge in [0.2, 0.25) is 0 Å². The number of hydrogen-bond acceptors (Lipinski definition) is 2. The van der Waals surface area contributed by atoms with Gasteiger partial charge in [0, 0.05) is 5.92 Å². The molecule has 1 aromatic heterocycles. The van der Waals surface area contributed by atoms with Crippen LogP contribution in [0.3, 0.4) is 0 Å². The zero-order chi connectivity index (χ0) is 11.5. The van der Waals surface area contributed by atoms with E-state index in [0.29, 0.717) is 0 Å². The number of thiazole rings is 1. The van der Waals surface area contributed by atoms with Gasteiger partial charge in [0.25, 0.3) is 0 Å². The van der Waals surface area contributed by atoms with E-state index in [4.69, 9.17) is 0 Å². The van der Waals surface area contributed by atoms with E-state index < -0.39 is 0 Å². The molecule has 0 bridgehead atoms. The molecule has 0 saturated heterocycles. The lowest BCUT2D eigenvalue weighted by atomic mass is 10.2. The Balaban J connectivity index is 2.33. The van der Waals surface area contributed by atoms with Gasteiger partial charge in [-0.3, -0.25) is 0 Å². The zero-order valence-corrected chi connectivity index (χ0v) is 10.7. The lowest BCUT2D eigenvalue weighted by Gasteiger charge is -1.96. The summed E-state index contributed by atoms with van der Waals surface area (Å²) in [4.78, 5) is 5.93. The molecule has 1 nitrogen and oxygen atoms in total. The maximum atomic E-state index is 4.66. The van der Waals surface area contributed by atoms with Crippen LogP contribution in [0.25, 0.3) is 5.57 Å². The van der Waals surface area contributed by atoms with Crippen molar-refractivity contribution in [2.75, 3.05) is 0 Å². The number of hydrogen-bond donors (Lipinski definition) is 0. The maximum absolute atomic E-state index is 4.66. The first-order valence-electron chi connectivity index (χ1n) is 5.69. The lowest BCUT2D eigenvalue weighted by molar-refractivity contribution is 1.05. The predicted molar refractivity (Wildman–Crippen MR) is 71.8 cm³/mol. The molecule has 2 rings (SSSR count). The summed E-state index contributed by atoms with van der Waals surface area (Å²) in [5, 5.41) is 1.31. The molecule has 1 aliphatic rings. The van der Waals surface area contributed by atoms with Gasteiger partial charge in [-0.25, -0.2) is 4.98 Å².